The summed E-state index contributed by atoms with van der Waals surface area (Å²) < 4.78 is 23.7. The molecule has 1 atom stereocenters. The molecule has 2 heterocycles. The van der Waals surface area contributed by atoms with Crippen molar-refractivity contribution in [3.8, 4) is 0 Å². The van der Waals surface area contributed by atoms with Gasteiger partial charge in [-0.15, -0.1) is 0 Å². The van der Waals surface area contributed by atoms with Gasteiger partial charge in [0, 0.05) is 0 Å². The molecular weight excluding hydrogens is 341 g/mol. The first-order valence-corrected chi connectivity index (χ1v) is 7.75. The zero-order chi connectivity index (χ0) is 18.4. The van der Waals surface area contributed by atoms with Gasteiger partial charge in [-0.2, -0.15) is 0 Å². The second-order valence-electron chi connectivity index (χ2n) is 5.83. The Bertz CT molecular complexity index is 1120. The molecule has 1 amide bonds. The highest BCUT2D eigenvalue weighted by Crippen LogP contribution is 2.31. The van der Waals surface area contributed by atoms with Crippen LogP contribution in [0, 0.1) is 5.82 Å². The Hall–Kier alpha value is -3.48. The van der Waals surface area contributed by atoms with Crippen molar-refractivity contribution in [3.63, 3.8) is 0 Å². The lowest BCUT2D eigenvalue weighted by Gasteiger charge is -2.12. The van der Waals surface area contributed by atoms with Crippen molar-refractivity contribution < 1.29 is 23.1 Å². The minimum absolute atomic E-state index is 0.0661. The molecule has 0 fully saturated rings. The minimum Gasteiger partial charge on any atom is -0.465 e. The fourth-order valence-electron chi connectivity index (χ4n) is 3.06. The minimum atomic E-state index is -0.742. The molecule has 1 aliphatic heterocycles. The summed E-state index contributed by atoms with van der Waals surface area (Å²) in [5.41, 5.74) is 0.730. The van der Waals surface area contributed by atoms with Crippen molar-refractivity contribution in [2.45, 2.75) is 6.04 Å². The zero-order valence-electron chi connectivity index (χ0n) is 13.5. The number of carbonyl (C=O) groups excluding carboxylic acids is 2. The van der Waals surface area contributed by atoms with Crippen molar-refractivity contribution in [3.05, 3.63) is 81.0 Å². The highest BCUT2D eigenvalue weighted by molar-refractivity contribution is 5.99. The Morgan fingerprint density at radius 1 is 1.15 bits per heavy atom. The highest BCUT2D eigenvalue weighted by Gasteiger charge is 2.36. The first-order valence-electron chi connectivity index (χ1n) is 7.75. The quantitative estimate of drug-likeness (QED) is 0.716. The summed E-state index contributed by atoms with van der Waals surface area (Å²) in [6, 6.07) is 9.12. The molecule has 6 nitrogen and oxygen atoms in total. The largest absolute Gasteiger partial charge is 0.465 e. The van der Waals surface area contributed by atoms with Crippen molar-refractivity contribution in [1.82, 2.24) is 5.32 Å². The third-order valence-electron chi connectivity index (χ3n) is 4.32. The molecule has 2 aromatic carbocycles. The highest BCUT2D eigenvalue weighted by atomic mass is 19.1. The van der Waals surface area contributed by atoms with Crippen molar-refractivity contribution in [1.29, 1.82) is 0 Å². The Kier molecular flexibility index (Phi) is 3.57. The number of benzene rings is 2. The van der Waals surface area contributed by atoms with E-state index in [1.54, 1.807) is 12.1 Å². The first kappa shape index (κ1) is 16.0. The van der Waals surface area contributed by atoms with Crippen LogP contribution < -0.4 is 10.7 Å². The lowest BCUT2D eigenvalue weighted by Crippen LogP contribution is -2.22. The third kappa shape index (κ3) is 2.36. The summed E-state index contributed by atoms with van der Waals surface area (Å²) in [7, 11) is 1.28. The number of fused-ring (bicyclic) bond motifs is 2. The first-order chi connectivity index (χ1) is 12.5. The maximum atomic E-state index is 13.5. The standard InChI is InChI=1S/C19H12FNO5/c1-25-19(24)10-4-2-9(3-5-10)15-14-16(22)12-8-11(20)6-7-13(12)26-17(14)18(23)21-15/h2-8,15H,1H3,(H,21,23)/t15-/m1/s1. The van der Waals surface area contributed by atoms with Crippen molar-refractivity contribution in [2.75, 3.05) is 7.11 Å². The van der Waals surface area contributed by atoms with Gasteiger partial charge < -0.3 is 14.5 Å². The van der Waals surface area contributed by atoms with E-state index in [9.17, 15) is 18.8 Å². The number of ether oxygens (including phenoxy) is 1. The predicted molar refractivity (Wildman–Crippen MR) is 89.5 cm³/mol. The molecule has 130 valence electrons. The average Bonchev–Trinajstić information content (AvgIpc) is 2.99. The number of methoxy groups -OCH3 is 1. The summed E-state index contributed by atoms with van der Waals surface area (Å²) in [6.07, 6.45) is 0. The molecule has 1 N–H and O–H groups in total. The van der Waals surface area contributed by atoms with Crippen LogP contribution in [-0.4, -0.2) is 19.0 Å². The maximum absolute atomic E-state index is 13.5. The summed E-state index contributed by atoms with van der Waals surface area (Å²) in [5.74, 6) is -1.67. The van der Waals surface area contributed by atoms with Gasteiger partial charge in [-0.3, -0.25) is 9.59 Å². The van der Waals surface area contributed by atoms with E-state index in [2.05, 4.69) is 10.1 Å². The molecule has 0 unspecified atom stereocenters. The Balaban J connectivity index is 1.86. The SMILES string of the molecule is COC(=O)c1ccc([C@H]2NC(=O)c3oc4ccc(F)cc4c(=O)c32)cc1. The molecule has 0 spiro atoms. The smallest absolute Gasteiger partial charge is 0.337 e. The second kappa shape index (κ2) is 5.80. The normalized spacial score (nSPS) is 15.6. The predicted octanol–water partition coefficient (Wildman–Crippen LogP) is 2.55. The van der Waals surface area contributed by atoms with Crippen LogP contribution in [0.1, 0.15) is 38.1 Å². The zero-order valence-corrected chi connectivity index (χ0v) is 13.5. The summed E-state index contributed by atoms with van der Waals surface area (Å²) >= 11 is 0. The van der Waals surface area contributed by atoms with Gasteiger partial charge in [-0.05, 0) is 35.9 Å². The molecule has 26 heavy (non-hydrogen) atoms. The van der Waals surface area contributed by atoms with E-state index >= 15 is 0 Å². The summed E-state index contributed by atoms with van der Waals surface area (Å²) in [4.78, 5) is 36.6. The van der Waals surface area contributed by atoms with Gasteiger partial charge >= 0.3 is 5.97 Å². The van der Waals surface area contributed by atoms with Crippen molar-refractivity contribution >= 4 is 22.8 Å². The van der Waals surface area contributed by atoms with Gasteiger partial charge in [0.05, 0.1) is 29.7 Å². The molecule has 4 rings (SSSR count). The number of rotatable bonds is 2. The monoisotopic (exact) mass is 353 g/mol. The van der Waals surface area contributed by atoms with E-state index in [4.69, 9.17) is 4.42 Å². The lowest BCUT2D eigenvalue weighted by atomic mass is 9.98. The number of esters is 1. The lowest BCUT2D eigenvalue weighted by molar-refractivity contribution is 0.0600. The number of carbonyl (C=O) groups is 2. The number of amides is 1. The van der Waals surface area contributed by atoms with Crippen LogP contribution in [0.3, 0.4) is 0 Å². The fraction of sp³-hybridized carbons (Fsp3) is 0.105. The Morgan fingerprint density at radius 2 is 1.88 bits per heavy atom. The summed E-state index contributed by atoms with van der Waals surface area (Å²) in [5, 5.41) is 2.75. The van der Waals surface area contributed by atoms with Crippen LogP contribution in [0.2, 0.25) is 0 Å². The molecule has 1 aliphatic rings. The number of hydrogen-bond donors (Lipinski definition) is 1. The fourth-order valence-corrected chi connectivity index (χ4v) is 3.06. The van der Waals surface area contributed by atoms with E-state index in [0.29, 0.717) is 11.1 Å². The van der Waals surface area contributed by atoms with Crippen LogP contribution in [0.5, 0.6) is 0 Å². The second-order valence-corrected chi connectivity index (χ2v) is 5.83. The molecule has 7 heteroatoms. The number of halogens is 1. The molecule has 1 aromatic heterocycles. The van der Waals surface area contributed by atoms with Gasteiger partial charge in [0.1, 0.15) is 11.4 Å². The van der Waals surface area contributed by atoms with Crippen LogP contribution in [-0.2, 0) is 4.74 Å². The molecule has 0 saturated heterocycles. The van der Waals surface area contributed by atoms with Crippen molar-refractivity contribution in [2.24, 2.45) is 0 Å². The van der Waals surface area contributed by atoms with E-state index in [0.717, 1.165) is 12.1 Å². The Morgan fingerprint density at radius 3 is 2.58 bits per heavy atom. The van der Waals surface area contributed by atoms with E-state index in [1.807, 2.05) is 0 Å². The van der Waals surface area contributed by atoms with Gasteiger partial charge in [-0.1, -0.05) is 12.1 Å². The van der Waals surface area contributed by atoms with E-state index < -0.39 is 29.2 Å². The Labute approximate surface area is 146 Å². The van der Waals surface area contributed by atoms with Crippen LogP contribution in [0.15, 0.2) is 51.7 Å². The molecule has 0 aliphatic carbocycles. The van der Waals surface area contributed by atoms with E-state index in [-0.39, 0.29) is 22.3 Å². The molecular formula is C19H12FNO5. The molecule has 0 saturated carbocycles. The maximum Gasteiger partial charge on any atom is 0.337 e. The van der Waals surface area contributed by atoms with Gasteiger partial charge in [0.15, 0.2) is 5.43 Å². The van der Waals surface area contributed by atoms with E-state index in [1.165, 1.54) is 25.3 Å². The topological polar surface area (TPSA) is 85.6 Å². The van der Waals surface area contributed by atoms with Crippen LogP contribution >= 0.6 is 0 Å². The van der Waals surface area contributed by atoms with Gasteiger partial charge in [0.2, 0.25) is 5.76 Å². The average molecular weight is 353 g/mol. The number of hydrogen-bond acceptors (Lipinski definition) is 5. The van der Waals surface area contributed by atoms with Gasteiger partial charge in [0.25, 0.3) is 5.91 Å². The molecule has 3 aromatic rings. The summed E-state index contributed by atoms with van der Waals surface area (Å²) in [6.45, 7) is 0. The van der Waals surface area contributed by atoms with Crippen LogP contribution in [0.25, 0.3) is 11.0 Å². The molecule has 0 bridgehead atoms. The third-order valence-corrected chi connectivity index (χ3v) is 4.32. The van der Waals surface area contributed by atoms with Crippen LogP contribution in [0.4, 0.5) is 4.39 Å². The number of nitrogens with one attached hydrogen (secondary N) is 1. The molecule has 0 radical (unpaired) electrons. The van der Waals surface area contributed by atoms with Gasteiger partial charge in [-0.25, -0.2) is 9.18 Å².